The highest BCUT2D eigenvalue weighted by molar-refractivity contribution is 9.10. The molecule has 0 saturated carbocycles. The largest absolute Gasteiger partial charge is 0.323 e. The number of alkyl halides is 1. The van der Waals surface area contributed by atoms with Crippen molar-refractivity contribution in [2.24, 2.45) is 0 Å². The summed E-state index contributed by atoms with van der Waals surface area (Å²) in [7, 11) is -3.06. The summed E-state index contributed by atoms with van der Waals surface area (Å²) in [4.78, 5) is 4.44. The van der Waals surface area contributed by atoms with Gasteiger partial charge in [0.2, 0.25) is 0 Å². The van der Waals surface area contributed by atoms with Crippen molar-refractivity contribution in [2.45, 2.75) is 18.8 Å². The van der Waals surface area contributed by atoms with Gasteiger partial charge in [0.1, 0.15) is 15.7 Å². The first kappa shape index (κ1) is 14.8. The second-order valence-electron chi connectivity index (χ2n) is 4.61. The van der Waals surface area contributed by atoms with E-state index in [4.69, 9.17) is 11.6 Å². The number of sulfone groups is 1. The topological polar surface area (TPSA) is 52.0 Å². The molecular formula is C12H14BrClN2O2S. The minimum Gasteiger partial charge on any atom is -0.323 e. The highest BCUT2D eigenvalue weighted by atomic mass is 79.9. The molecule has 0 saturated heterocycles. The molecule has 1 atom stereocenters. The van der Waals surface area contributed by atoms with Gasteiger partial charge in [0.05, 0.1) is 22.7 Å². The molecule has 0 aliphatic heterocycles. The van der Waals surface area contributed by atoms with E-state index in [0.29, 0.717) is 5.82 Å². The lowest BCUT2D eigenvalue weighted by Crippen LogP contribution is -2.18. The van der Waals surface area contributed by atoms with Gasteiger partial charge in [-0.25, -0.2) is 13.4 Å². The monoisotopic (exact) mass is 364 g/mol. The van der Waals surface area contributed by atoms with Crippen LogP contribution in [0.5, 0.6) is 0 Å². The zero-order chi connectivity index (χ0) is 14.2. The third kappa shape index (κ3) is 3.30. The molecule has 4 nitrogen and oxygen atoms in total. The van der Waals surface area contributed by atoms with Gasteiger partial charge < -0.3 is 4.57 Å². The Kier molecular flexibility index (Phi) is 4.23. The Balaban J connectivity index is 2.59. The summed E-state index contributed by atoms with van der Waals surface area (Å²) in [6.07, 6.45) is 1.24. The van der Waals surface area contributed by atoms with E-state index in [1.807, 2.05) is 29.7 Å². The van der Waals surface area contributed by atoms with Crippen LogP contribution in [0.4, 0.5) is 0 Å². The third-order valence-electron chi connectivity index (χ3n) is 2.83. The molecule has 19 heavy (non-hydrogen) atoms. The van der Waals surface area contributed by atoms with Crippen LogP contribution in [-0.2, 0) is 15.7 Å². The van der Waals surface area contributed by atoms with E-state index in [1.54, 1.807) is 0 Å². The van der Waals surface area contributed by atoms with Gasteiger partial charge in [-0.05, 0) is 25.1 Å². The molecule has 104 valence electrons. The number of nitrogens with zero attached hydrogens (tertiary/aromatic N) is 2. The molecule has 0 aliphatic carbocycles. The molecule has 2 aromatic rings. The van der Waals surface area contributed by atoms with E-state index in [-0.39, 0.29) is 17.7 Å². The third-order valence-corrected chi connectivity index (χ3v) is 4.65. The summed E-state index contributed by atoms with van der Waals surface area (Å²) < 4.78 is 25.7. The first-order valence-corrected chi connectivity index (χ1v) is 9.10. The Morgan fingerprint density at radius 2 is 2.16 bits per heavy atom. The normalized spacial score (nSPS) is 13.9. The maximum atomic E-state index is 11.5. The van der Waals surface area contributed by atoms with E-state index >= 15 is 0 Å². The van der Waals surface area contributed by atoms with E-state index < -0.39 is 9.84 Å². The molecule has 0 radical (unpaired) electrons. The highest BCUT2D eigenvalue weighted by Crippen LogP contribution is 2.26. The summed E-state index contributed by atoms with van der Waals surface area (Å²) in [5, 5.41) is 0. The Bertz CT molecular complexity index is 712. The first-order chi connectivity index (χ1) is 8.81. The fourth-order valence-corrected chi connectivity index (χ4v) is 3.78. The van der Waals surface area contributed by atoms with Crippen molar-refractivity contribution in [3.05, 3.63) is 28.5 Å². The number of benzene rings is 1. The molecule has 1 aromatic heterocycles. The van der Waals surface area contributed by atoms with Crippen LogP contribution in [0.15, 0.2) is 22.7 Å². The molecule has 0 amide bonds. The van der Waals surface area contributed by atoms with E-state index in [1.165, 1.54) is 6.26 Å². The first-order valence-electron chi connectivity index (χ1n) is 5.72. The average Bonchev–Trinajstić information content (AvgIpc) is 2.64. The van der Waals surface area contributed by atoms with Crippen molar-refractivity contribution in [1.29, 1.82) is 0 Å². The van der Waals surface area contributed by atoms with E-state index in [9.17, 15) is 8.42 Å². The summed E-state index contributed by atoms with van der Waals surface area (Å²) in [6, 6.07) is 5.51. The standard InChI is InChI=1S/C12H14BrClN2O2S/c1-8(7-19(2,17)18)16-11-5-9(13)3-4-10(11)15-12(16)6-14/h3-5,8H,6-7H2,1-2H3. The second kappa shape index (κ2) is 5.42. The molecule has 1 aromatic carbocycles. The summed E-state index contributed by atoms with van der Waals surface area (Å²) in [6.45, 7) is 1.86. The van der Waals surface area contributed by atoms with Gasteiger partial charge in [-0.3, -0.25) is 0 Å². The maximum Gasteiger partial charge on any atom is 0.149 e. The SMILES string of the molecule is CC(CS(C)(=O)=O)n1c(CCl)nc2ccc(Br)cc21. The number of imidazole rings is 1. The van der Waals surface area contributed by atoms with Crippen LogP contribution >= 0.6 is 27.5 Å². The number of hydrogen-bond donors (Lipinski definition) is 0. The number of halogens is 2. The quantitative estimate of drug-likeness (QED) is 0.782. The van der Waals surface area contributed by atoms with Crippen molar-refractivity contribution < 1.29 is 8.42 Å². The maximum absolute atomic E-state index is 11.5. The van der Waals surface area contributed by atoms with Crippen LogP contribution < -0.4 is 0 Å². The highest BCUT2D eigenvalue weighted by Gasteiger charge is 2.19. The van der Waals surface area contributed by atoms with Gasteiger partial charge in [0.15, 0.2) is 0 Å². The zero-order valence-corrected chi connectivity index (χ0v) is 13.8. The zero-order valence-electron chi connectivity index (χ0n) is 10.6. The molecule has 1 unspecified atom stereocenters. The van der Waals surface area contributed by atoms with Crippen molar-refractivity contribution in [2.75, 3.05) is 12.0 Å². The predicted octanol–water partition coefficient (Wildman–Crippen LogP) is 3.14. The van der Waals surface area contributed by atoms with E-state index in [2.05, 4.69) is 20.9 Å². The Morgan fingerprint density at radius 1 is 1.47 bits per heavy atom. The molecule has 7 heteroatoms. The smallest absolute Gasteiger partial charge is 0.149 e. The summed E-state index contributed by atoms with van der Waals surface area (Å²) in [5.74, 6) is 1.00. The Morgan fingerprint density at radius 3 is 2.74 bits per heavy atom. The van der Waals surface area contributed by atoms with Crippen LogP contribution in [0.2, 0.25) is 0 Å². The molecule has 0 N–H and O–H groups in total. The Labute approximate surface area is 125 Å². The van der Waals surface area contributed by atoms with Gasteiger partial charge in [-0.15, -0.1) is 11.6 Å². The summed E-state index contributed by atoms with van der Waals surface area (Å²) >= 11 is 9.33. The molecule has 1 heterocycles. The van der Waals surface area contributed by atoms with E-state index in [0.717, 1.165) is 15.5 Å². The molecule has 0 spiro atoms. The molecule has 0 aliphatic rings. The number of fused-ring (bicyclic) bond motifs is 1. The molecule has 0 fully saturated rings. The lowest BCUT2D eigenvalue weighted by molar-refractivity contribution is 0.561. The van der Waals surface area contributed by atoms with Crippen LogP contribution in [-0.4, -0.2) is 30.0 Å². The molecular weight excluding hydrogens is 352 g/mol. The van der Waals surface area contributed by atoms with Gasteiger partial charge >= 0.3 is 0 Å². The van der Waals surface area contributed by atoms with Crippen LogP contribution in [0.3, 0.4) is 0 Å². The van der Waals surface area contributed by atoms with Gasteiger partial charge in [0.25, 0.3) is 0 Å². The lowest BCUT2D eigenvalue weighted by atomic mass is 10.3. The fourth-order valence-electron chi connectivity index (χ4n) is 2.21. The van der Waals surface area contributed by atoms with Gasteiger partial charge in [0, 0.05) is 16.8 Å². The Hall–Kier alpha value is -0.590. The predicted molar refractivity (Wildman–Crippen MR) is 81.4 cm³/mol. The van der Waals surface area contributed by atoms with Gasteiger partial charge in [-0.2, -0.15) is 0 Å². The van der Waals surface area contributed by atoms with Crippen LogP contribution in [0.1, 0.15) is 18.8 Å². The minimum absolute atomic E-state index is 0.0643. The van der Waals surface area contributed by atoms with Gasteiger partial charge in [-0.1, -0.05) is 15.9 Å². The number of rotatable bonds is 4. The second-order valence-corrected chi connectivity index (χ2v) is 7.97. The molecule has 2 rings (SSSR count). The summed E-state index contributed by atoms with van der Waals surface area (Å²) in [5.41, 5.74) is 1.71. The molecule has 0 bridgehead atoms. The average molecular weight is 366 g/mol. The fraction of sp³-hybridized carbons (Fsp3) is 0.417. The number of hydrogen-bond acceptors (Lipinski definition) is 3. The van der Waals surface area contributed by atoms with Crippen molar-refractivity contribution in [3.8, 4) is 0 Å². The van der Waals surface area contributed by atoms with Crippen molar-refractivity contribution in [3.63, 3.8) is 0 Å². The lowest BCUT2D eigenvalue weighted by Gasteiger charge is -2.16. The van der Waals surface area contributed by atoms with Crippen molar-refractivity contribution in [1.82, 2.24) is 9.55 Å². The van der Waals surface area contributed by atoms with Crippen LogP contribution in [0, 0.1) is 0 Å². The van der Waals surface area contributed by atoms with Crippen LogP contribution in [0.25, 0.3) is 11.0 Å². The van der Waals surface area contributed by atoms with Crippen molar-refractivity contribution >= 4 is 48.4 Å². The minimum atomic E-state index is -3.06. The number of aromatic nitrogens is 2.